The van der Waals surface area contributed by atoms with E-state index in [9.17, 15) is 9.18 Å². The SMILES string of the molecule is CNC(=O)C(C)NCc1cc(F)cc(Br)c1. The second-order valence-corrected chi connectivity index (χ2v) is 4.41. The maximum atomic E-state index is 13.0. The second kappa shape index (κ2) is 5.96. The number of carbonyl (C=O) groups is 1. The van der Waals surface area contributed by atoms with Gasteiger partial charge in [0, 0.05) is 18.1 Å². The number of carbonyl (C=O) groups excluding carboxylic acids is 1. The van der Waals surface area contributed by atoms with E-state index in [-0.39, 0.29) is 17.8 Å². The molecule has 1 aromatic carbocycles. The summed E-state index contributed by atoms with van der Waals surface area (Å²) in [6.07, 6.45) is 0. The fourth-order valence-electron chi connectivity index (χ4n) is 1.29. The lowest BCUT2D eigenvalue weighted by Gasteiger charge is -2.12. The number of amides is 1. The van der Waals surface area contributed by atoms with Gasteiger partial charge in [0.25, 0.3) is 0 Å². The topological polar surface area (TPSA) is 41.1 Å². The van der Waals surface area contributed by atoms with Crippen LogP contribution in [0.25, 0.3) is 0 Å². The molecule has 1 unspecified atom stereocenters. The molecule has 3 nitrogen and oxygen atoms in total. The van der Waals surface area contributed by atoms with Gasteiger partial charge in [-0.1, -0.05) is 15.9 Å². The van der Waals surface area contributed by atoms with Gasteiger partial charge < -0.3 is 10.6 Å². The molecule has 1 aromatic rings. The minimum absolute atomic E-state index is 0.0875. The Morgan fingerprint density at radius 1 is 1.50 bits per heavy atom. The van der Waals surface area contributed by atoms with Crippen LogP contribution in [-0.4, -0.2) is 19.0 Å². The number of hydrogen-bond acceptors (Lipinski definition) is 2. The third-order valence-electron chi connectivity index (χ3n) is 2.17. The fraction of sp³-hybridized carbons (Fsp3) is 0.364. The molecular formula is C11H14BrFN2O. The van der Waals surface area contributed by atoms with E-state index < -0.39 is 0 Å². The predicted octanol–water partition coefficient (Wildman–Crippen LogP) is 1.81. The first-order chi connectivity index (χ1) is 7.52. The van der Waals surface area contributed by atoms with Gasteiger partial charge in [-0.2, -0.15) is 0 Å². The summed E-state index contributed by atoms with van der Waals surface area (Å²) in [4.78, 5) is 11.2. The summed E-state index contributed by atoms with van der Waals surface area (Å²) in [6, 6.07) is 4.35. The number of benzene rings is 1. The molecule has 0 aliphatic carbocycles. The summed E-state index contributed by atoms with van der Waals surface area (Å²) in [5, 5.41) is 5.54. The van der Waals surface area contributed by atoms with E-state index in [4.69, 9.17) is 0 Å². The molecule has 1 amide bonds. The fourth-order valence-corrected chi connectivity index (χ4v) is 1.81. The van der Waals surface area contributed by atoms with Crippen LogP contribution < -0.4 is 10.6 Å². The van der Waals surface area contributed by atoms with E-state index >= 15 is 0 Å². The van der Waals surface area contributed by atoms with Crippen molar-refractivity contribution in [3.63, 3.8) is 0 Å². The molecule has 16 heavy (non-hydrogen) atoms. The smallest absolute Gasteiger partial charge is 0.236 e. The number of hydrogen-bond donors (Lipinski definition) is 2. The van der Waals surface area contributed by atoms with Crippen molar-refractivity contribution in [1.82, 2.24) is 10.6 Å². The highest BCUT2D eigenvalue weighted by atomic mass is 79.9. The minimum atomic E-state index is -0.299. The quantitative estimate of drug-likeness (QED) is 0.887. The standard InChI is InChI=1S/C11H14BrFN2O/c1-7(11(16)14-2)15-6-8-3-9(12)5-10(13)4-8/h3-5,7,15H,6H2,1-2H3,(H,14,16). The zero-order valence-corrected chi connectivity index (χ0v) is 10.8. The highest BCUT2D eigenvalue weighted by Gasteiger charge is 2.09. The molecule has 1 atom stereocenters. The lowest BCUT2D eigenvalue weighted by molar-refractivity contribution is -0.122. The molecule has 1 rings (SSSR count). The third kappa shape index (κ3) is 3.90. The Kier molecular flexibility index (Phi) is 4.89. The van der Waals surface area contributed by atoms with E-state index in [1.807, 2.05) is 6.07 Å². The van der Waals surface area contributed by atoms with Crippen molar-refractivity contribution in [3.8, 4) is 0 Å². The summed E-state index contributed by atoms with van der Waals surface area (Å²) < 4.78 is 13.7. The molecule has 2 N–H and O–H groups in total. The van der Waals surface area contributed by atoms with Crippen LogP contribution in [0.15, 0.2) is 22.7 Å². The van der Waals surface area contributed by atoms with Crippen LogP contribution in [0.1, 0.15) is 12.5 Å². The largest absolute Gasteiger partial charge is 0.358 e. The number of halogens is 2. The van der Waals surface area contributed by atoms with Gasteiger partial charge in [0.1, 0.15) is 5.82 Å². The Morgan fingerprint density at radius 3 is 2.75 bits per heavy atom. The van der Waals surface area contributed by atoms with Crippen molar-refractivity contribution in [2.45, 2.75) is 19.5 Å². The molecule has 0 fully saturated rings. The van der Waals surface area contributed by atoms with Crippen LogP contribution in [0.2, 0.25) is 0 Å². The Bertz CT molecular complexity index is 364. The van der Waals surface area contributed by atoms with Gasteiger partial charge >= 0.3 is 0 Å². The molecule has 0 aliphatic heterocycles. The molecule has 0 spiro atoms. The van der Waals surface area contributed by atoms with Crippen LogP contribution in [0.5, 0.6) is 0 Å². The van der Waals surface area contributed by atoms with Gasteiger partial charge in [-0.15, -0.1) is 0 Å². The zero-order chi connectivity index (χ0) is 12.1. The monoisotopic (exact) mass is 288 g/mol. The lowest BCUT2D eigenvalue weighted by Crippen LogP contribution is -2.40. The third-order valence-corrected chi connectivity index (χ3v) is 2.63. The summed E-state index contributed by atoms with van der Waals surface area (Å²) >= 11 is 3.22. The van der Waals surface area contributed by atoms with E-state index in [1.54, 1.807) is 14.0 Å². The van der Waals surface area contributed by atoms with Gasteiger partial charge in [0.15, 0.2) is 0 Å². The molecule has 88 valence electrons. The summed E-state index contributed by atoms with van der Waals surface area (Å²) in [7, 11) is 1.58. The minimum Gasteiger partial charge on any atom is -0.358 e. The van der Waals surface area contributed by atoms with Gasteiger partial charge in [-0.05, 0) is 30.7 Å². The van der Waals surface area contributed by atoms with Crippen molar-refractivity contribution in [2.24, 2.45) is 0 Å². The molecule has 0 heterocycles. The lowest BCUT2D eigenvalue weighted by atomic mass is 10.2. The van der Waals surface area contributed by atoms with Crippen LogP contribution in [0.3, 0.4) is 0 Å². The van der Waals surface area contributed by atoms with Gasteiger partial charge in [0.2, 0.25) is 5.91 Å². The van der Waals surface area contributed by atoms with Gasteiger partial charge in [-0.25, -0.2) is 4.39 Å². The van der Waals surface area contributed by atoms with Crippen molar-refractivity contribution in [2.75, 3.05) is 7.05 Å². The van der Waals surface area contributed by atoms with E-state index in [0.29, 0.717) is 11.0 Å². The number of nitrogens with one attached hydrogen (secondary N) is 2. The second-order valence-electron chi connectivity index (χ2n) is 3.49. The average molecular weight is 289 g/mol. The zero-order valence-electron chi connectivity index (χ0n) is 9.18. The van der Waals surface area contributed by atoms with Gasteiger partial charge in [-0.3, -0.25) is 4.79 Å². The Morgan fingerprint density at radius 2 is 2.19 bits per heavy atom. The normalized spacial score (nSPS) is 12.2. The van der Waals surface area contributed by atoms with Crippen molar-refractivity contribution in [1.29, 1.82) is 0 Å². The van der Waals surface area contributed by atoms with Crippen LogP contribution in [-0.2, 0) is 11.3 Å². The first-order valence-corrected chi connectivity index (χ1v) is 5.72. The first-order valence-electron chi connectivity index (χ1n) is 4.93. The first kappa shape index (κ1) is 13.1. The van der Waals surface area contributed by atoms with E-state index in [2.05, 4.69) is 26.6 Å². The molecule has 5 heteroatoms. The molecule has 0 radical (unpaired) electrons. The highest BCUT2D eigenvalue weighted by Crippen LogP contribution is 2.14. The summed E-state index contributed by atoms with van der Waals surface area (Å²) in [5.74, 6) is -0.380. The van der Waals surface area contributed by atoms with Crippen LogP contribution in [0.4, 0.5) is 4.39 Å². The maximum absolute atomic E-state index is 13.0. The average Bonchev–Trinajstić information content (AvgIpc) is 2.23. The number of likely N-dealkylation sites (N-methyl/N-ethyl adjacent to an activating group) is 1. The number of rotatable bonds is 4. The Balaban J connectivity index is 2.57. The molecule has 0 aromatic heterocycles. The molecule has 0 saturated heterocycles. The molecular weight excluding hydrogens is 275 g/mol. The van der Waals surface area contributed by atoms with E-state index in [0.717, 1.165) is 5.56 Å². The molecule has 0 saturated carbocycles. The maximum Gasteiger partial charge on any atom is 0.236 e. The molecule has 0 aliphatic rings. The summed E-state index contributed by atoms with van der Waals surface area (Å²) in [6.45, 7) is 2.21. The van der Waals surface area contributed by atoms with Crippen LogP contribution >= 0.6 is 15.9 Å². The van der Waals surface area contributed by atoms with Crippen molar-refractivity contribution in [3.05, 3.63) is 34.1 Å². The van der Waals surface area contributed by atoms with Gasteiger partial charge in [0.05, 0.1) is 6.04 Å². The summed E-state index contributed by atoms with van der Waals surface area (Å²) in [5.41, 5.74) is 0.794. The van der Waals surface area contributed by atoms with Crippen molar-refractivity contribution < 1.29 is 9.18 Å². The Hall–Kier alpha value is -0.940. The van der Waals surface area contributed by atoms with Crippen molar-refractivity contribution >= 4 is 21.8 Å². The molecule has 0 bridgehead atoms. The highest BCUT2D eigenvalue weighted by molar-refractivity contribution is 9.10. The Labute approximate surface area is 103 Å². The predicted molar refractivity (Wildman–Crippen MR) is 64.5 cm³/mol. The van der Waals surface area contributed by atoms with E-state index in [1.165, 1.54) is 12.1 Å². The van der Waals surface area contributed by atoms with Crippen LogP contribution in [0, 0.1) is 5.82 Å².